The molecule has 1 aromatic carbocycles. The van der Waals surface area contributed by atoms with Crippen LogP contribution in [0.4, 0.5) is 5.82 Å². The smallest absolute Gasteiger partial charge is 0.219 e. The minimum absolute atomic E-state index is 0.373. The Labute approximate surface area is 146 Å². The maximum Gasteiger partial charge on any atom is 0.219 e. The number of fused-ring (bicyclic) bond motifs is 1. The predicted octanol–water partition coefficient (Wildman–Crippen LogP) is 1.50. The number of anilines is 1. The molecule has 25 heavy (non-hydrogen) atoms. The first-order valence-electron chi connectivity index (χ1n) is 8.03. The summed E-state index contributed by atoms with van der Waals surface area (Å²) in [4.78, 5) is 6.56. The third-order valence-electron chi connectivity index (χ3n) is 4.48. The molecule has 0 aliphatic carbocycles. The molecule has 0 unspecified atom stereocenters. The van der Waals surface area contributed by atoms with E-state index in [0.29, 0.717) is 18.7 Å². The summed E-state index contributed by atoms with van der Waals surface area (Å²) >= 11 is 0. The Kier molecular flexibility index (Phi) is 3.73. The second-order valence-electron chi connectivity index (χ2n) is 6.35. The van der Waals surface area contributed by atoms with E-state index in [9.17, 15) is 8.42 Å². The van der Waals surface area contributed by atoms with E-state index in [-0.39, 0.29) is 5.25 Å². The SMILES string of the molecule is CN(C)S(=O)(=O)C1CN(c2ccc3cn(-c4ccccc4)nc3n2)C1. The standard InChI is InChI=1S/C17H19N5O2S/c1-20(2)25(23,24)15-11-21(12-15)16-9-8-13-10-22(19-17(13)18-16)14-6-4-3-5-7-14/h3-10,15H,11-12H2,1-2H3. The van der Waals surface area contributed by atoms with Crippen molar-refractivity contribution in [2.45, 2.75) is 5.25 Å². The second kappa shape index (κ2) is 5.82. The van der Waals surface area contributed by atoms with Gasteiger partial charge in [0.2, 0.25) is 10.0 Å². The van der Waals surface area contributed by atoms with Crippen molar-refractivity contribution in [1.82, 2.24) is 19.1 Å². The van der Waals surface area contributed by atoms with Crippen molar-refractivity contribution in [3.8, 4) is 5.69 Å². The van der Waals surface area contributed by atoms with Gasteiger partial charge in [-0.25, -0.2) is 22.4 Å². The molecule has 0 amide bonds. The second-order valence-corrected chi connectivity index (χ2v) is 8.77. The fourth-order valence-electron chi connectivity index (χ4n) is 2.89. The molecule has 0 atom stereocenters. The van der Waals surface area contributed by atoms with Gasteiger partial charge >= 0.3 is 0 Å². The lowest BCUT2D eigenvalue weighted by Gasteiger charge is -2.40. The van der Waals surface area contributed by atoms with Gasteiger partial charge in [0.25, 0.3) is 0 Å². The van der Waals surface area contributed by atoms with E-state index in [2.05, 4.69) is 10.1 Å². The Bertz CT molecular complexity index is 1010. The summed E-state index contributed by atoms with van der Waals surface area (Å²) in [5, 5.41) is 5.11. The van der Waals surface area contributed by atoms with Crippen molar-refractivity contribution >= 4 is 26.9 Å². The van der Waals surface area contributed by atoms with E-state index >= 15 is 0 Å². The normalized spacial score (nSPS) is 15.7. The van der Waals surface area contributed by atoms with E-state index in [0.717, 1.165) is 16.9 Å². The van der Waals surface area contributed by atoms with Gasteiger partial charge in [0.05, 0.1) is 5.69 Å². The van der Waals surface area contributed by atoms with Crippen molar-refractivity contribution in [3.05, 3.63) is 48.7 Å². The zero-order valence-electron chi connectivity index (χ0n) is 14.1. The van der Waals surface area contributed by atoms with Gasteiger partial charge in [0.15, 0.2) is 5.65 Å². The first-order chi connectivity index (χ1) is 11.9. The first kappa shape index (κ1) is 16.0. The van der Waals surface area contributed by atoms with E-state index in [1.165, 1.54) is 4.31 Å². The molecule has 2 aromatic heterocycles. The van der Waals surface area contributed by atoms with Crippen LogP contribution in [-0.2, 0) is 10.0 Å². The molecule has 130 valence electrons. The number of para-hydroxylation sites is 1. The van der Waals surface area contributed by atoms with Gasteiger partial charge in [0, 0.05) is 38.8 Å². The maximum atomic E-state index is 12.1. The molecular formula is C17H19N5O2S. The van der Waals surface area contributed by atoms with Crippen LogP contribution >= 0.6 is 0 Å². The monoisotopic (exact) mass is 357 g/mol. The molecule has 4 rings (SSSR count). The number of pyridine rings is 1. The van der Waals surface area contributed by atoms with Crippen LogP contribution in [0.3, 0.4) is 0 Å². The number of aromatic nitrogens is 3. The Morgan fingerprint density at radius 2 is 1.80 bits per heavy atom. The van der Waals surface area contributed by atoms with Crippen molar-refractivity contribution in [3.63, 3.8) is 0 Å². The van der Waals surface area contributed by atoms with Crippen LogP contribution in [0.5, 0.6) is 0 Å². The number of hydrogen-bond donors (Lipinski definition) is 0. The number of benzene rings is 1. The highest BCUT2D eigenvalue weighted by atomic mass is 32.2. The van der Waals surface area contributed by atoms with Gasteiger partial charge in [-0.1, -0.05) is 18.2 Å². The van der Waals surface area contributed by atoms with Crippen molar-refractivity contribution in [2.75, 3.05) is 32.1 Å². The molecule has 0 N–H and O–H groups in total. The van der Waals surface area contributed by atoms with Crippen LogP contribution in [0.25, 0.3) is 16.7 Å². The summed E-state index contributed by atoms with van der Waals surface area (Å²) in [6.07, 6.45) is 1.94. The van der Waals surface area contributed by atoms with Gasteiger partial charge in [0.1, 0.15) is 11.1 Å². The van der Waals surface area contributed by atoms with Gasteiger partial charge in [-0.2, -0.15) is 0 Å². The van der Waals surface area contributed by atoms with Crippen LogP contribution in [0.15, 0.2) is 48.7 Å². The average molecular weight is 357 g/mol. The Hall–Kier alpha value is -2.45. The lowest BCUT2D eigenvalue weighted by molar-refractivity contribution is 0.479. The molecule has 1 aliphatic rings. The average Bonchev–Trinajstić information content (AvgIpc) is 2.97. The van der Waals surface area contributed by atoms with Crippen LogP contribution in [-0.4, -0.2) is 59.9 Å². The summed E-state index contributed by atoms with van der Waals surface area (Å²) in [7, 11) is -0.0754. The van der Waals surface area contributed by atoms with Crippen LogP contribution < -0.4 is 4.90 Å². The van der Waals surface area contributed by atoms with Crippen molar-refractivity contribution in [2.24, 2.45) is 0 Å². The Balaban J connectivity index is 1.57. The molecule has 1 fully saturated rings. The molecule has 0 saturated carbocycles. The summed E-state index contributed by atoms with van der Waals surface area (Å²) in [5.41, 5.74) is 1.63. The topological polar surface area (TPSA) is 71.3 Å². The van der Waals surface area contributed by atoms with Gasteiger partial charge in [-0.05, 0) is 24.3 Å². The molecule has 1 saturated heterocycles. The molecular weight excluding hydrogens is 338 g/mol. The summed E-state index contributed by atoms with van der Waals surface area (Å²) in [6.45, 7) is 0.914. The largest absolute Gasteiger partial charge is 0.354 e. The third kappa shape index (κ3) is 2.77. The number of hydrogen-bond acceptors (Lipinski definition) is 5. The van der Waals surface area contributed by atoms with Gasteiger partial charge in [-0.3, -0.25) is 0 Å². The molecule has 0 radical (unpaired) electrons. The van der Waals surface area contributed by atoms with E-state index in [1.54, 1.807) is 18.8 Å². The highest BCUT2D eigenvalue weighted by molar-refractivity contribution is 7.89. The van der Waals surface area contributed by atoms with E-state index in [1.807, 2.05) is 53.6 Å². The zero-order valence-corrected chi connectivity index (χ0v) is 14.9. The molecule has 3 heterocycles. The lowest BCUT2D eigenvalue weighted by atomic mass is 10.2. The van der Waals surface area contributed by atoms with Gasteiger partial charge in [-0.15, -0.1) is 5.10 Å². The van der Waals surface area contributed by atoms with Crippen LogP contribution in [0.2, 0.25) is 0 Å². The maximum absolute atomic E-state index is 12.1. The number of sulfonamides is 1. The van der Waals surface area contributed by atoms with Crippen LogP contribution in [0, 0.1) is 0 Å². The highest BCUT2D eigenvalue weighted by Gasteiger charge is 2.39. The first-order valence-corrected chi connectivity index (χ1v) is 9.53. The highest BCUT2D eigenvalue weighted by Crippen LogP contribution is 2.26. The molecule has 7 nitrogen and oxygen atoms in total. The predicted molar refractivity (Wildman–Crippen MR) is 97.5 cm³/mol. The fourth-order valence-corrected chi connectivity index (χ4v) is 4.23. The molecule has 0 spiro atoms. The summed E-state index contributed by atoms with van der Waals surface area (Å²) in [6, 6.07) is 13.7. The molecule has 0 bridgehead atoms. The summed E-state index contributed by atoms with van der Waals surface area (Å²) in [5.74, 6) is 0.760. The molecule has 3 aromatic rings. The van der Waals surface area contributed by atoms with Crippen LogP contribution in [0.1, 0.15) is 0 Å². The Morgan fingerprint density at radius 3 is 2.48 bits per heavy atom. The quantitative estimate of drug-likeness (QED) is 0.708. The summed E-state index contributed by atoms with van der Waals surface area (Å²) < 4.78 is 27.3. The van der Waals surface area contributed by atoms with Gasteiger partial charge < -0.3 is 4.90 Å². The minimum atomic E-state index is -3.21. The van der Waals surface area contributed by atoms with E-state index in [4.69, 9.17) is 0 Å². The Morgan fingerprint density at radius 1 is 1.08 bits per heavy atom. The number of nitrogens with zero attached hydrogens (tertiary/aromatic N) is 5. The van der Waals surface area contributed by atoms with Crippen molar-refractivity contribution in [1.29, 1.82) is 0 Å². The minimum Gasteiger partial charge on any atom is -0.354 e. The molecule has 8 heteroatoms. The zero-order chi connectivity index (χ0) is 17.6. The van der Waals surface area contributed by atoms with Crippen molar-refractivity contribution < 1.29 is 8.42 Å². The fraction of sp³-hybridized carbons (Fsp3) is 0.294. The third-order valence-corrected chi connectivity index (χ3v) is 6.64. The lowest BCUT2D eigenvalue weighted by Crippen LogP contribution is -2.57. The van der Waals surface area contributed by atoms with E-state index < -0.39 is 10.0 Å². The number of rotatable bonds is 4. The molecule has 1 aliphatic heterocycles.